The van der Waals surface area contributed by atoms with E-state index in [2.05, 4.69) is 14.5 Å². The van der Waals surface area contributed by atoms with Crippen molar-refractivity contribution < 1.29 is 6.22 Å². The highest BCUT2D eigenvalue weighted by Gasteiger charge is 2.05. The Bertz CT molecular complexity index is 102. The average Bonchev–Trinajstić information content (AvgIpc) is 1.82. The van der Waals surface area contributed by atoms with Crippen LogP contribution in [0, 0.1) is 0 Å². The van der Waals surface area contributed by atoms with Crippen LogP contribution in [0.3, 0.4) is 0 Å². The molecule has 56 valence electrons. The Morgan fingerprint density at radius 3 is 2.89 bits per heavy atom. The third-order valence-corrected chi connectivity index (χ3v) is 1.41. The van der Waals surface area contributed by atoms with Gasteiger partial charge in [0, 0.05) is 7.97 Å². The van der Waals surface area contributed by atoms with Gasteiger partial charge in [-0.15, -0.1) is 0 Å². The molecule has 0 spiro atoms. The summed E-state index contributed by atoms with van der Waals surface area (Å²) >= 11 is 0. The first kappa shape index (κ1) is 9.02. The molecule has 0 radical (unpaired) electrons. The number of hydrogen-bond donors (Lipinski definition) is 2. The summed E-state index contributed by atoms with van der Waals surface area (Å²) in [6.45, 7) is 2.28. The predicted octanol–water partition coefficient (Wildman–Crippen LogP) is -0.0815. The van der Waals surface area contributed by atoms with Crippen LogP contribution in [0.4, 0.5) is 0 Å². The zero-order chi connectivity index (χ0) is 7.28. The summed E-state index contributed by atoms with van der Waals surface area (Å²) < 4.78 is 0. The van der Waals surface area contributed by atoms with Gasteiger partial charge in [-0.05, 0) is 13.3 Å². The van der Waals surface area contributed by atoms with Gasteiger partial charge in [-0.2, -0.15) is 0 Å². The Morgan fingerprint density at radius 1 is 2.00 bits per heavy atom. The molecule has 0 saturated heterocycles. The van der Waals surface area contributed by atoms with Crippen LogP contribution in [0.25, 0.3) is 0 Å². The van der Waals surface area contributed by atoms with Crippen molar-refractivity contribution in [1.29, 1.82) is 0 Å². The van der Waals surface area contributed by atoms with Gasteiger partial charge >= 0.3 is 0 Å². The highest BCUT2D eigenvalue weighted by molar-refractivity contribution is 7.13. The first-order valence-corrected chi connectivity index (χ1v) is 3.45. The Hall–Kier alpha value is 0.0200. The Kier molecular flexibility index (Phi) is 4.87. The van der Waals surface area contributed by atoms with E-state index in [9.17, 15) is 4.79 Å². The Morgan fingerprint density at radius 2 is 2.56 bits per heavy atom. The number of nitrogens with two attached hydrogens (primary N) is 1. The summed E-state index contributed by atoms with van der Waals surface area (Å²) in [6, 6.07) is -0.293. The maximum atomic E-state index is 10.5. The molecule has 0 amide bonds. The number of rotatable bonds is 4. The van der Waals surface area contributed by atoms with Gasteiger partial charge in [0.25, 0.3) is 0 Å². The van der Waals surface area contributed by atoms with E-state index in [0.717, 1.165) is 6.54 Å². The lowest BCUT2D eigenvalue weighted by Crippen LogP contribution is -2.30. The van der Waals surface area contributed by atoms with E-state index in [1.165, 1.54) is 6.92 Å². The number of nitrogens with one attached hydrogen (secondary N) is 1. The van der Waals surface area contributed by atoms with E-state index in [0.29, 0.717) is 6.42 Å². The van der Waals surface area contributed by atoms with Crippen molar-refractivity contribution in [1.82, 2.24) is 5.09 Å². The van der Waals surface area contributed by atoms with Crippen molar-refractivity contribution in [3.05, 3.63) is 0 Å². The summed E-state index contributed by atoms with van der Waals surface area (Å²) in [7, 11) is 2.36. The first-order valence-electron chi connectivity index (χ1n) is 2.88. The van der Waals surface area contributed by atoms with Crippen molar-refractivity contribution in [2.24, 2.45) is 5.73 Å². The standard InChI is InChI=1S/C5H13N2OP.H2/c1-4(8)5(6)2-3-7-9;/h5,7H,2-3,6,9H2,1H3;1H/i;1+1. The molecule has 0 saturated carbocycles. The number of carbonyl (C=O) groups is 1. The molecule has 4 heteroatoms. The predicted molar refractivity (Wildman–Crippen MR) is 43.1 cm³/mol. The molecular formula is C5H15N2OP. The first-order chi connectivity index (χ1) is 4.18. The molecule has 9 heavy (non-hydrogen) atoms. The van der Waals surface area contributed by atoms with Crippen molar-refractivity contribution >= 4 is 15.2 Å². The van der Waals surface area contributed by atoms with Crippen molar-refractivity contribution in [3.63, 3.8) is 0 Å². The Balaban J connectivity index is 0. The molecule has 0 rings (SSSR count). The summed E-state index contributed by atoms with van der Waals surface area (Å²) in [5.41, 5.74) is 5.40. The second-order valence-corrected chi connectivity index (χ2v) is 2.37. The fraction of sp³-hybridized carbons (Fsp3) is 0.800. The zero-order valence-electron chi connectivity index (χ0n) is 5.55. The monoisotopic (exact) mass is 151 g/mol. The molecule has 0 aliphatic carbocycles. The quantitative estimate of drug-likeness (QED) is 0.552. The third kappa shape index (κ3) is 4.52. The van der Waals surface area contributed by atoms with Gasteiger partial charge in [0.2, 0.25) is 0 Å². The largest absolute Gasteiger partial charge is 0.321 e. The smallest absolute Gasteiger partial charge is 0.146 e. The van der Waals surface area contributed by atoms with E-state index < -0.39 is 0 Å². The van der Waals surface area contributed by atoms with E-state index in [4.69, 9.17) is 5.73 Å². The molecule has 3 N–H and O–H groups in total. The minimum Gasteiger partial charge on any atom is -0.321 e. The van der Waals surface area contributed by atoms with Crippen LogP contribution in [0.5, 0.6) is 0 Å². The summed E-state index contributed by atoms with van der Waals surface area (Å²) in [5.74, 6) is 0.0512. The fourth-order valence-corrected chi connectivity index (χ4v) is 0.609. The molecule has 2 atom stereocenters. The molecule has 0 aromatic carbocycles. The van der Waals surface area contributed by atoms with Gasteiger partial charge in [-0.1, -0.05) is 9.39 Å². The molecular weight excluding hydrogens is 135 g/mol. The van der Waals surface area contributed by atoms with Crippen LogP contribution in [0.1, 0.15) is 14.8 Å². The number of hydrogen-bond acceptors (Lipinski definition) is 3. The van der Waals surface area contributed by atoms with E-state index >= 15 is 0 Å². The van der Waals surface area contributed by atoms with Gasteiger partial charge in [0.15, 0.2) is 0 Å². The molecule has 3 nitrogen and oxygen atoms in total. The average molecular weight is 151 g/mol. The van der Waals surface area contributed by atoms with E-state index in [-0.39, 0.29) is 13.3 Å². The number of ketones is 1. The van der Waals surface area contributed by atoms with Gasteiger partial charge in [0.1, 0.15) is 5.78 Å². The van der Waals surface area contributed by atoms with Gasteiger partial charge in [-0.3, -0.25) is 4.79 Å². The minimum atomic E-state index is -0.293. The van der Waals surface area contributed by atoms with Crippen molar-refractivity contribution in [3.8, 4) is 0 Å². The highest BCUT2D eigenvalue weighted by Crippen LogP contribution is 1.87. The molecule has 0 aliphatic heterocycles. The molecule has 0 bridgehead atoms. The van der Waals surface area contributed by atoms with Crippen LogP contribution in [-0.2, 0) is 4.79 Å². The molecule has 0 aromatic rings. The second-order valence-electron chi connectivity index (χ2n) is 1.96. The second kappa shape index (κ2) is 4.86. The van der Waals surface area contributed by atoms with Gasteiger partial charge in [0.05, 0.1) is 6.04 Å². The minimum absolute atomic E-state index is 0. The number of carbonyl (C=O) groups excluding carboxylic acids is 1. The lowest BCUT2D eigenvalue weighted by atomic mass is 10.1. The topological polar surface area (TPSA) is 55.1 Å². The van der Waals surface area contributed by atoms with Crippen molar-refractivity contribution in [2.75, 3.05) is 6.54 Å². The molecule has 0 heterocycles. The Labute approximate surface area is 59.1 Å². The normalized spacial score (nSPS) is 13.2. The maximum Gasteiger partial charge on any atom is 0.146 e. The summed E-state index contributed by atoms with van der Waals surface area (Å²) in [6.07, 6.45) is 0.707. The fourth-order valence-electron chi connectivity index (χ4n) is 0.442. The number of Topliss-reactive ketones (excluding diaryl/α,β-unsaturated/α-hetero) is 1. The van der Waals surface area contributed by atoms with E-state index in [1.807, 2.05) is 0 Å². The molecule has 0 fully saturated rings. The van der Waals surface area contributed by atoms with Crippen LogP contribution in [0.2, 0.25) is 0 Å². The lowest BCUT2D eigenvalue weighted by Gasteiger charge is -2.04. The maximum absolute atomic E-state index is 10.5. The van der Waals surface area contributed by atoms with Crippen molar-refractivity contribution in [2.45, 2.75) is 19.4 Å². The molecule has 0 aliphatic rings. The SMILES string of the molecule is CC(=O)C(N)CCNP.[2HH]. The van der Waals surface area contributed by atoms with Gasteiger partial charge < -0.3 is 10.8 Å². The van der Waals surface area contributed by atoms with Crippen LogP contribution in [-0.4, -0.2) is 18.4 Å². The van der Waals surface area contributed by atoms with Gasteiger partial charge in [-0.25, -0.2) is 0 Å². The summed E-state index contributed by atoms with van der Waals surface area (Å²) in [5, 5.41) is 2.84. The van der Waals surface area contributed by atoms with E-state index in [1.54, 1.807) is 0 Å². The molecule has 0 aromatic heterocycles. The third-order valence-electron chi connectivity index (χ3n) is 1.12. The zero-order valence-corrected chi connectivity index (χ0v) is 6.71. The highest BCUT2D eigenvalue weighted by atomic mass is 31.0. The molecule has 2 unspecified atom stereocenters. The summed E-state index contributed by atoms with van der Waals surface area (Å²) in [4.78, 5) is 10.5. The van der Waals surface area contributed by atoms with Crippen LogP contribution < -0.4 is 10.8 Å². The van der Waals surface area contributed by atoms with Crippen LogP contribution >= 0.6 is 9.39 Å². The van der Waals surface area contributed by atoms with Crippen LogP contribution in [0.15, 0.2) is 0 Å². The lowest BCUT2D eigenvalue weighted by molar-refractivity contribution is -0.118.